The molecule has 0 heteroatoms. The predicted molar refractivity (Wildman–Crippen MR) is 45.9 cm³/mol. The van der Waals surface area contributed by atoms with Gasteiger partial charge < -0.3 is 0 Å². The van der Waals surface area contributed by atoms with Gasteiger partial charge in [0.2, 0.25) is 0 Å². The van der Waals surface area contributed by atoms with Crippen LogP contribution in [0.25, 0.3) is 0 Å². The van der Waals surface area contributed by atoms with Gasteiger partial charge in [0.25, 0.3) is 0 Å². The Kier molecular flexibility index (Phi) is 2.53. The lowest BCUT2D eigenvalue weighted by Gasteiger charge is -2.01. The van der Waals surface area contributed by atoms with Gasteiger partial charge >= 0.3 is 0 Å². The van der Waals surface area contributed by atoms with Crippen molar-refractivity contribution in [3.63, 3.8) is 0 Å². The molecule has 1 atom stereocenters. The summed E-state index contributed by atoms with van der Waals surface area (Å²) in [5.41, 5.74) is 1.70. The van der Waals surface area contributed by atoms with E-state index in [2.05, 4.69) is 26.8 Å². The molecule has 0 aromatic carbocycles. The smallest absolute Gasteiger partial charge is 0.00175 e. The monoisotopic (exact) mass is 138 g/mol. The molecule has 0 aromatic rings. The number of rotatable bonds is 4. The first-order chi connectivity index (χ1) is 4.75. The van der Waals surface area contributed by atoms with Crippen molar-refractivity contribution in [3.05, 3.63) is 11.6 Å². The molecular formula is C10H18. The van der Waals surface area contributed by atoms with Crippen LogP contribution in [0, 0.1) is 11.8 Å². The first-order valence-corrected chi connectivity index (χ1v) is 4.47. The zero-order chi connectivity index (χ0) is 7.56. The van der Waals surface area contributed by atoms with Crippen molar-refractivity contribution in [2.24, 2.45) is 11.8 Å². The van der Waals surface area contributed by atoms with Crippen LogP contribution in [0.1, 0.15) is 40.0 Å². The molecule has 58 valence electrons. The fourth-order valence-electron chi connectivity index (χ4n) is 1.48. The largest absolute Gasteiger partial charge is 0.0773 e. The summed E-state index contributed by atoms with van der Waals surface area (Å²) in [6, 6.07) is 0. The zero-order valence-corrected chi connectivity index (χ0v) is 7.35. The second kappa shape index (κ2) is 3.23. The van der Waals surface area contributed by atoms with Crippen LogP contribution in [0.4, 0.5) is 0 Å². The molecule has 0 radical (unpaired) electrons. The van der Waals surface area contributed by atoms with Gasteiger partial charge in [-0.1, -0.05) is 45.3 Å². The van der Waals surface area contributed by atoms with Crippen LogP contribution in [0.2, 0.25) is 0 Å². The van der Waals surface area contributed by atoms with Crippen LogP contribution < -0.4 is 0 Å². The lowest BCUT2D eigenvalue weighted by atomic mass is 10.0. The normalized spacial score (nSPS) is 23.2. The molecule has 0 N–H and O–H groups in total. The molecule has 0 spiro atoms. The Morgan fingerprint density at radius 1 is 1.50 bits per heavy atom. The van der Waals surface area contributed by atoms with E-state index in [-0.39, 0.29) is 0 Å². The minimum Gasteiger partial charge on any atom is -0.0773 e. The highest BCUT2D eigenvalue weighted by molar-refractivity contribution is 5.30. The summed E-state index contributed by atoms with van der Waals surface area (Å²) in [6.07, 6.45) is 6.58. The predicted octanol–water partition coefficient (Wildman–Crippen LogP) is 3.39. The van der Waals surface area contributed by atoms with Crippen LogP contribution in [0.5, 0.6) is 0 Å². The highest BCUT2D eigenvalue weighted by Crippen LogP contribution is 2.38. The molecule has 1 unspecified atom stereocenters. The maximum atomic E-state index is 2.43. The van der Waals surface area contributed by atoms with Crippen LogP contribution in [0.15, 0.2) is 11.6 Å². The van der Waals surface area contributed by atoms with E-state index in [1.807, 2.05) is 0 Å². The molecule has 0 amide bonds. The van der Waals surface area contributed by atoms with Crippen molar-refractivity contribution >= 4 is 0 Å². The van der Waals surface area contributed by atoms with E-state index in [1.165, 1.54) is 19.3 Å². The lowest BCUT2D eigenvalue weighted by molar-refractivity contribution is 0.635. The third-order valence-corrected chi connectivity index (χ3v) is 2.25. The summed E-state index contributed by atoms with van der Waals surface area (Å²) in [7, 11) is 0. The minimum atomic E-state index is 0.807. The van der Waals surface area contributed by atoms with Crippen LogP contribution in [-0.2, 0) is 0 Å². The molecule has 10 heavy (non-hydrogen) atoms. The molecule has 0 saturated carbocycles. The molecule has 1 aliphatic carbocycles. The number of hydrogen-bond acceptors (Lipinski definition) is 0. The van der Waals surface area contributed by atoms with E-state index in [4.69, 9.17) is 0 Å². The van der Waals surface area contributed by atoms with E-state index in [0.29, 0.717) is 0 Å². The summed E-state index contributed by atoms with van der Waals surface area (Å²) in [4.78, 5) is 0. The second-order valence-electron chi connectivity index (χ2n) is 3.57. The number of unbranched alkanes of at least 4 members (excludes halogenated alkanes) is 1. The summed E-state index contributed by atoms with van der Waals surface area (Å²) < 4.78 is 0. The van der Waals surface area contributed by atoms with Gasteiger partial charge in [0, 0.05) is 0 Å². The van der Waals surface area contributed by atoms with Crippen molar-refractivity contribution in [1.82, 2.24) is 0 Å². The lowest BCUT2D eigenvalue weighted by Crippen LogP contribution is -1.88. The van der Waals surface area contributed by atoms with Crippen molar-refractivity contribution in [2.45, 2.75) is 40.0 Å². The SMILES string of the molecule is CCCCC1C=C1C(C)C. The summed E-state index contributed by atoms with van der Waals surface area (Å²) >= 11 is 0. The highest BCUT2D eigenvalue weighted by atomic mass is 14.3. The van der Waals surface area contributed by atoms with Gasteiger partial charge in [0.05, 0.1) is 0 Å². The van der Waals surface area contributed by atoms with Gasteiger partial charge in [-0.2, -0.15) is 0 Å². The van der Waals surface area contributed by atoms with E-state index in [9.17, 15) is 0 Å². The second-order valence-corrected chi connectivity index (χ2v) is 3.57. The molecule has 0 nitrogen and oxygen atoms in total. The molecule has 0 saturated heterocycles. The van der Waals surface area contributed by atoms with E-state index in [1.54, 1.807) is 5.57 Å². The van der Waals surface area contributed by atoms with E-state index in [0.717, 1.165) is 11.8 Å². The Bertz CT molecular complexity index is 131. The summed E-state index contributed by atoms with van der Waals surface area (Å²) in [5, 5.41) is 0. The van der Waals surface area contributed by atoms with Gasteiger partial charge in [-0.3, -0.25) is 0 Å². The Labute approximate surface area is 64.3 Å². The van der Waals surface area contributed by atoms with E-state index < -0.39 is 0 Å². The minimum absolute atomic E-state index is 0.807. The van der Waals surface area contributed by atoms with Gasteiger partial charge in [-0.05, 0) is 18.3 Å². The zero-order valence-electron chi connectivity index (χ0n) is 7.35. The fraction of sp³-hybridized carbons (Fsp3) is 0.800. The third kappa shape index (κ3) is 1.86. The van der Waals surface area contributed by atoms with Crippen LogP contribution in [0.3, 0.4) is 0 Å². The molecular weight excluding hydrogens is 120 g/mol. The molecule has 0 fully saturated rings. The Morgan fingerprint density at radius 3 is 2.60 bits per heavy atom. The fourth-order valence-corrected chi connectivity index (χ4v) is 1.48. The maximum Gasteiger partial charge on any atom is -0.00175 e. The van der Waals surface area contributed by atoms with Gasteiger partial charge in [0.15, 0.2) is 0 Å². The Morgan fingerprint density at radius 2 is 2.20 bits per heavy atom. The van der Waals surface area contributed by atoms with Gasteiger partial charge in [-0.15, -0.1) is 0 Å². The average Bonchev–Trinajstić information content (AvgIpc) is 2.62. The molecule has 0 heterocycles. The molecule has 1 aliphatic rings. The van der Waals surface area contributed by atoms with Crippen molar-refractivity contribution in [1.29, 1.82) is 0 Å². The van der Waals surface area contributed by atoms with Gasteiger partial charge in [0.1, 0.15) is 0 Å². The molecule has 0 aliphatic heterocycles. The van der Waals surface area contributed by atoms with Crippen molar-refractivity contribution < 1.29 is 0 Å². The van der Waals surface area contributed by atoms with Crippen LogP contribution in [-0.4, -0.2) is 0 Å². The molecule has 1 rings (SSSR count). The highest BCUT2D eigenvalue weighted by Gasteiger charge is 2.25. The Hall–Kier alpha value is -0.260. The third-order valence-electron chi connectivity index (χ3n) is 2.25. The van der Waals surface area contributed by atoms with Crippen LogP contribution >= 0.6 is 0 Å². The standard InChI is InChI=1S/C10H18/c1-4-5-6-9-7-10(9)8(2)3/h7-9H,4-6H2,1-3H3. The van der Waals surface area contributed by atoms with Crippen molar-refractivity contribution in [2.75, 3.05) is 0 Å². The Balaban J connectivity index is 2.06. The number of hydrogen-bond donors (Lipinski definition) is 0. The molecule has 0 bridgehead atoms. The first kappa shape index (κ1) is 7.84. The maximum absolute atomic E-state index is 2.43. The van der Waals surface area contributed by atoms with Crippen molar-refractivity contribution in [3.8, 4) is 0 Å². The molecule has 0 aromatic heterocycles. The van der Waals surface area contributed by atoms with Gasteiger partial charge in [-0.25, -0.2) is 0 Å². The first-order valence-electron chi connectivity index (χ1n) is 4.47. The summed E-state index contributed by atoms with van der Waals surface area (Å²) in [5.74, 6) is 1.71. The number of allylic oxidation sites excluding steroid dienone is 2. The topological polar surface area (TPSA) is 0 Å². The van der Waals surface area contributed by atoms with E-state index >= 15 is 0 Å². The summed E-state index contributed by atoms with van der Waals surface area (Å²) in [6.45, 7) is 6.84. The quantitative estimate of drug-likeness (QED) is 0.522. The average molecular weight is 138 g/mol.